The van der Waals surface area contributed by atoms with Gasteiger partial charge in [0.2, 0.25) is 0 Å². The Kier molecular flexibility index (Phi) is 5.15. The Morgan fingerprint density at radius 1 is 1.10 bits per heavy atom. The van der Waals surface area contributed by atoms with Crippen LogP contribution in [0.15, 0.2) is 48.8 Å². The summed E-state index contributed by atoms with van der Waals surface area (Å²) < 4.78 is 13.8. The van der Waals surface area contributed by atoms with Gasteiger partial charge in [-0.3, -0.25) is 9.78 Å². The highest BCUT2D eigenvalue weighted by molar-refractivity contribution is 5.92. The highest BCUT2D eigenvalue weighted by atomic mass is 19.1. The summed E-state index contributed by atoms with van der Waals surface area (Å²) in [5, 5.41) is 3.98. The molecular weight excluding hydrogens is 389 g/mol. The van der Waals surface area contributed by atoms with Crippen LogP contribution in [0.5, 0.6) is 0 Å². The fraction of sp³-hybridized carbons (Fsp3) is 0.346. The van der Waals surface area contributed by atoms with Crippen molar-refractivity contribution < 1.29 is 9.18 Å². The van der Waals surface area contributed by atoms with Crippen molar-refractivity contribution in [1.29, 1.82) is 0 Å². The third-order valence-corrected chi connectivity index (χ3v) is 7.00. The third kappa shape index (κ3) is 3.90. The summed E-state index contributed by atoms with van der Waals surface area (Å²) in [4.78, 5) is 20.9. The van der Waals surface area contributed by atoms with E-state index in [1.54, 1.807) is 30.5 Å². The number of hydrogen-bond acceptors (Lipinski definition) is 3. The first kappa shape index (κ1) is 19.7. The molecule has 0 saturated heterocycles. The lowest BCUT2D eigenvalue weighted by atomic mass is 9.90. The zero-order valence-electron chi connectivity index (χ0n) is 17.2. The Morgan fingerprint density at radius 3 is 2.61 bits per heavy atom. The molecule has 4 nitrogen and oxygen atoms in total. The van der Waals surface area contributed by atoms with E-state index in [4.69, 9.17) is 6.42 Å². The molecule has 4 atom stereocenters. The average Bonchev–Trinajstić information content (AvgIpc) is 3.36. The van der Waals surface area contributed by atoms with Crippen molar-refractivity contribution in [3.63, 3.8) is 0 Å². The van der Waals surface area contributed by atoms with E-state index in [0.717, 1.165) is 36.6 Å². The number of amides is 1. The van der Waals surface area contributed by atoms with E-state index < -0.39 is 0 Å². The quantitative estimate of drug-likeness (QED) is 0.631. The van der Waals surface area contributed by atoms with E-state index in [1.165, 1.54) is 11.6 Å². The van der Waals surface area contributed by atoms with Gasteiger partial charge in [0.1, 0.15) is 11.5 Å². The summed E-state index contributed by atoms with van der Waals surface area (Å²) in [5.41, 5.74) is 3.15. The van der Waals surface area contributed by atoms with Crippen LogP contribution in [0.1, 0.15) is 53.2 Å². The molecule has 156 valence electrons. The van der Waals surface area contributed by atoms with E-state index >= 15 is 0 Å². The van der Waals surface area contributed by atoms with Crippen molar-refractivity contribution in [2.45, 2.75) is 31.6 Å². The second kappa shape index (κ2) is 8.11. The number of rotatable bonds is 4. The van der Waals surface area contributed by atoms with Gasteiger partial charge in [-0.25, -0.2) is 9.37 Å². The summed E-state index contributed by atoms with van der Waals surface area (Å²) in [6, 6.07) is 10.3. The van der Waals surface area contributed by atoms with Crippen molar-refractivity contribution >= 4 is 16.8 Å². The van der Waals surface area contributed by atoms with Crippen molar-refractivity contribution in [2.75, 3.05) is 6.54 Å². The van der Waals surface area contributed by atoms with Crippen LogP contribution < -0.4 is 5.32 Å². The molecule has 5 heteroatoms. The zero-order valence-corrected chi connectivity index (χ0v) is 17.2. The maximum atomic E-state index is 13.8. The predicted octanol–water partition coefficient (Wildman–Crippen LogP) is 4.70. The molecule has 2 aliphatic carbocycles. The Balaban J connectivity index is 1.19. The van der Waals surface area contributed by atoms with Gasteiger partial charge in [0.05, 0.1) is 5.52 Å². The monoisotopic (exact) mass is 413 g/mol. The lowest BCUT2D eigenvalue weighted by molar-refractivity contribution is 0.0941. The number of aromatic nitrogens is 2. The fourth-order valence-electron chi connectivity index (χ4n) is 5.60. The number of fused-ring (bicyclic) bond motifs is 2. The van der Waals surface area contributed by atoms with Gasteiger partial charge in [-0.1, -0.05) is 5.92 Å². The minimum atomic E-state index is -0.209. The van der Waals surface area contributed by atoms with Crippen molar-refractivity contribution in [1.82, 2.24) is 15.3 Å². The molecule has 2 heterocycles. The standard InChI is InChI=1S/C26H24FN3O/c1-2-16-3-5-25(29-14-16)26(31)30-15-17-9-18-11-20(12-19(18)10-17)22-7-8-28-24-6-4-21(27)13-23(22)24/h1,3-8,13-14,17-20H,9-12,15H2,(H,30,31)/t17?,18-,19+,20?. The lowest BCUT2D eigenvalue weighted by Crippen LogP contribution is -2.29. The molecular formula is C26H24FN3O. The molecule has 5 rings (SSSR count). The van der Waals surface area contributed by atoms with Crippen LogP contribution in [0.25, 0.3) is 10.9 Å². The van der Waals surface area contributed by atoms with E-state index in [0.29, 0.717) is 41.5 Å². The molecule has 0 spiro atoms. The van der Waals surface area contributed by atoms with Crippen LogP contribution in [0.4, 0.5) is 4.39 Å². The van der Waals surface area contributed by atoms with E-state index in [9.17, 15) is 9.18 Å². The Bertz CT molecular complexity index is 1150. The summed E-state index contributed by atoms with van der Waals surface area (Å²) in [7, 11) is 0. The molecule has 1 amide bonds. The minimum Gasteiger partial charge on any atom is -0.350 e. The van der Waals surface area contributed by atoms with Crippen LogP contribution in [0, 0.1) is 35.9 Å². The molecule has 2 aliphatic rings. The number of hydrogen-bond donors (Lipinski definition) is 1. The Hall–Kier alpha value is -3.26. The normalized spacial score (nSPS) is 24.6. The smallest absolute Gasteiger partial charge is 0.269 e. The number of carbonyl (C=O) groups is 1. The van der Waals surface area contributed by atoms with Gasteiger partial charge in [0.15, 0.2) is 0 Å². The largest absolute Gasteiger partial charge is 0.350 e. The molecule has 2 unspecified atom stereocenters. The van der Waals surface area contributed by atoms with Gasteiger partial charge < -0.3 is 5.32 Å². The third-order valence-electron chi connectivity index (χ3n) is 7.00. The van der Waals surface area contributed by atoms with Crippen LogP contribution in [-0.2, 0) is 0 Å². The molecule has 31 heavy (non-hydrogen) atoms. The summed E-state index contributed by atoms with van der Waals surface area (Å²) in [6.07, 6.45) is 13.2. The van der Waals surface area contributed by atoms with Gasteiger partial charge in [0, 0.05) is 29.9 Å². The highest BCUT2D eigenvalue weighted by Crippen LogP contribution is 2.53. The first-order valence-electron chi connectivity index (χ1n) is 10.9. The topological polar surface area (TPSA) is 54.9 Å². The Morgan fingerprint density at radius 2 is 1.90 bits per heavy atom. The van der Waals surface area contributed by atoms with E-state index in [1.807, 2.05) is 6.20 Å². The minimum absolute atomic E-state index is 0.149. The first-order chi connectivity index (χ1) is 15.1. The maximum Gasteiger partial charge on any atom is 0.269 e. The molecule has 2 saturated carbocycles. The number of carbonyl (C=O) groups excluding carboxylic acids is 1. The van der Waals surface area contributed by atoms with E-state index in [2.05, 4.69) is 27.3 Å². The Labute approximate surface area is 181 Å². The average molecular weight is 413 g/mol. The number of nitrogens with one attached hydrogen (secondary N) is 1. The van der Waals surface area contributed by atoms with Crippen LogP contribution in [0.3, 0.4) is 0 Å². The highest BCUT2D eigenvalue weighted by Gasteiger charge is 2.42. The van der Waals surface area contributed by atoms with Crippen molar-refractivity contribution in [3.05, 3.63) is 71.4 Å². The number of nitrogens with zero attached hydrogens (tertiary/aromatic N) is 2. The van der Waals surface area contributed by atoms with Gasteiger partial charge in [0.25, 0.3) is 5.91 Å². The van der Waals surface area contributed by atoms with Crippen LogP contribution in [-0.4, -0.2) is 22.4 Å². The molecule has 1 N–H and O–H groups in total. The molecule has 0 bridgehead atoms. The van der Waals surface area contributed by atoms with Gasteiger partial charge >= 0.3 is 0 Å². The van der Waals surface area contributed by atoms with Gasteiger partial charge in [-0.15, -0.1) is 6.42 Å². The number of terminal acetylenes is 1. The molecule has 0 aliphatic heterocycles. The fourth-order valence-corrected chi connectivity index (χ4v) is 5.60. The van der Waals surface area contributed by atoms with Crippen molar-refractivity contribution in [2.24, 2.45) is 17.8 Å². The molecule has 0 radical (unpaired) electrons. The van der Waals surface area contributed by atoms with Gasteiger partial charge in [-0.05, 0) is 91.3 Å². The number of halogens is 1. The first-order valence-corrected chi connectivity index (χ1v) is 10.9. The second-order valence-corrected chi connectivity index (χ2v) is 8.87. The van der Waals surface area contributed by atoms with Gasteiger partial charge in [-0.2, -0.15) is 0 Å². The molecule has 1 aromatic carbocycles. The van der Waals surface area contributed by atoms with Crippen molar-refractivity contribution in [3.8, 4) is 12.3 Å². The maximum absolute atomic E-state index is 13.8. The molecule has 2 fully saturated rings. The SMILES string of the molecule is C#Cc1ccc(C(=O)NCC2C[C@@H]3CC(c4ccnc5ccc(F)cc45)C[C@@H]3C2)nc1. The predicted molar refractivity (Wildman–Crippen MR) is 118 cm³/mol. The number of benzene rings is 1. The van der Waals surface area contributed by atoms with Crippen LogP contribution >= 0.6 is 0 Å². The van der Waals surface area contributed by atoms with E-state index in [-0.39, 0.29) is 11.7 Å². The summed E-state index contributed by atoms with van der Waals surface area (Å²) >= 11 is 0. The second-order valence-electron chi connectivity index (χ2n) is 8.87. The lowest BCUT2D eigenvalue weighted by Gasteiger charge is -2.17. The van der Waals surface area contributed by atoms with Crippen LogP contribution in [0.2, 0.25) is 0 Å². The number of pyridine rings is 2. The summed E-state index contributed by atoms with van der Waals surface area (Å²) in [5.74, 6) is 4.42. The zero-order chi connectivity index (χ0) is 21.4. The summed E-state index contributed by atoms with van der Waals surface area (Å²) in [6.45, 7) is 0.679. The molecule has 2 aromatic heterocycles. The molecule has 3 aromatic rings.